The molecule has 0 atom stereocenters. The van der Waals surface area contributed by atoms with Crippen LogP contribution in [0, 0.1) is 19.9 Å². The molecular weight excluding hydrogens is 551 g/mol. The second kappa shape index (κ2) is 10.1. The van der Waals surface area contributed by atoms with Crippen LogP contribution in [-0.2, 0) is 26.3 Å². The molecule has 1 radical (unpaired) electrons. The van der Waals surface area contributed by atoms with Crippen LogP contribution in [0.1, 0.15) is 27.4 Å². The zero-order valence-corrected chi connectivity index (χ0v) is 17.2. The molecule has 0 aliphatic carbocycles. The number of hydrogen-bond donors (Lipinski definition) is 1. The van der Waals surface area contributed by atoms with Crippen molar-refractivity contribution in [1.82, 2.24) is 15.0 Å². The molecule has 5 nitrogen and oxygen atoms in total. The van der Waals surface area contributed by atoms with Gasteiger partial charge in [-0.2, -0.15) is 13.2 Å². The van der Waals surface area contributed by atoms with Crippen LogP contribution in [0.25, 0.3) is 11.3 Å². The van der Waals surface area contributed by atoms with Crippen molar-refractivity contribution in [3.05, 3.63) is 77.5 Å². The van der Waals surface area contributed by atoms with Crippen molar-refractivity contribution in [3.8, 4) is 11.3 Å². The van der Waals surface area contributed by atoms with Crippen LogP contribution < -0.4 is 0 Å². The van der Waals surface area contributed by atoms with E-state index in [-0.39, 0.29) is 25.8 Å². The maximum Gasteiger partial charge on any atom is 0.381 e. The van der Waals surface area contributed by atoms with E-state index in [4.69, 9.17) is 5.11 Å². The number of aryl methyl sites for hydroxylation is 2. The summed E-state index contributed by atoms with van der Waals surface area (Å²) in [4.78, 5) is 22.1. The van der Waals surface area contributed by atoms with Crippen LogP contribution in [0.4, 0.5) is 13.2 Å². The summed E-state index contributed by atoms with van der Waals surface area (Å²) >= 11 is 0. The topological polar surface area (TPSA) is 76.0 Å². The number of carboxylic acids is 1. The van der Waals surface area contributed by atoms with Crippen molar-refractivity contribution < 1.29 is 43.2 Å². The fourth-order valence-corrected chi connectivity index (χ4v) is 2.10. The normalized spacial score (nSPS) is 10.3. The SMILES string of the molecule is Cc1cnc(-c2[c-]cc(C(F)(F)F)cc2)c(C)n1.O=C(O)c1ccccn1.[Ir]. The molecule has 3 rings (SSSR count). The first-order valence-electron chi connectivity index (χ1n) is 7.72. The number of carbonyl (C=O) groups is 1. The summed E-state index contributed by atoms with van der Waals surface area (Å²) in [6.07, 6.45) is -1.32. The fraction of sp³-hybridized carbons (Fsp3) is 0.158. The molecule has 0 amide bonds. The predicted octanol–water partition coefficient (Wildman–Crippen LogP) is 4.36. The van der Waals surface area contributed by atoms with Crippen molar-refractivity contribution in [2.45, 2.75) is 20.0 Å². The number of rotatable bonds is 2. The van der Waals surface area contributed by atoms with Gasteiger partial charge in [0.15, 0.2) is 0 Å². The first-order valence-corrected chi connectivity index (χ1v) is 7.72. The van der Waals surface area contributed by atoms with Gasteiger partial charge in [0, 0.05) is 43.9 Å². The Morgan fingerprint density at radius 2 is 1.82 bits per heavy atom. The van der Waals surface area contributed by atoms with Crippen LogP contribution >= 0.6 is 0 Å². The van der Waals surface area contributed by atoms with E-state index in [2.05, 4.69) is 21.0 Å². The van der Waals surface area contributed by atoms with Crippen LogP contribution in [0.15, 0.2) is 48.8 Å². The molecule has 1 N–H and O–H groups in total. The van der Waals surface area contributed by atoms with E-state index < -0.39 is 17.7 Å². The number of aromatic nitrogens is 3. The maximum absolute atomic E-state index is 12.4. The van der Waals surface area contributed by atoms with Crippen LogP contribution in [0.5, 0.6) is 0 Å². The number of alkyl halides is 3. The number of benzene rings is 1. The monoisotopic (exact) mass is 567 g/mol. The minimum atomic E-state index is -4.34. The molecule has 0 aliphatic rings. The summed E-state index contributed by atoms with van der Waals surface area (Å²) in [5.74, 6) is -0.990. The van der Waals surface area contributed by atoms with Crippen molar-refractivity contribution in [2.24, 2.45) is 0 Å². The number of aromatic carboxylic acids is 1. The van der Waals surface area contributed by atoms with E-state index in [1.807, 2.05) is 0 Å². The molecule has 0 saturated heterocycles. The molecule has 0 fully saturated rings. The molecule has 149 valence electrons. The number of hydrogen-bond acceptors (Lipinski definition) is 4. The molecule has 9 heteroatoms. The Hall–Kier alpha value is -2.64. The van der Waals surface area contributed by atoms with Crippen molar-refractivity contribution >= 4 is 5.97 Å². The number of carboxylic acid groups (broad SMARTS) is 1. The van der Waals surface area contributed by atoms with Crippen LogP contribution in [0.2, 0.25) is 0 Å². The first kappa shape index (κ1) is 23.4. The van der Waals surface area contributed by atoms with Gasteiger partial charge in [-0.1, -0.05) is 6.07 Å². The van der Waals surface area contributed by atoms with Crippen LogP contribution in [0.3, 0.4) is 0 Å². The summed E-state index contributed by atoms with van der Waals surface area (Å²) in [5, 5.41) is 8.32. The molecule has 0 unspecified atom stereocenters. The Kier molecular flexibility index (Phi) is 8.40. The number of halogens is 3. The van der Waals surface area contributed by atoms with E-state index >= 15 is 0 Å². The van der Waals surface area contributed by atoms with E-state index in [9.17, 15) is 18.0 Å². The van der Waals surface area contributed by atoms with E-state index in [0.29, 0.717) is 17.0 Å². The second-order valence-electron chi connectivity index (χ2n) is 5.45. The average Bonchev–Trinajstić information content (AvgIpc) is 2.62. The third kappa shape index (κ3) is 6.51. The van der Waals surface area contributed by atoms with Gasteiger partial charge in [-0.25, -0.2) is 9.78 Å². The zero-order valence-electron chi connectivity index (χ0n) is 14.8. The molecule has 0 spiro atoms. The molecule has 3 aromatic rings. The van der Waals surface area contributed by atoms with Crippen molar-refractivity contribution in [3.63, 3.8) is 0 Å². The van der Waals surface area contributed by atoms with Crippen molar-refractivity contribution in [2.75, 3.05) is 0 Å². The Morgan fingerprint density at radius 1 is 1.11 bits per heavy atom. The molecule has 1 aromatic carbocycles. The quantitative estimate of drug-likeness (QED) is 0.467. The standard InChI is InChI=1S/C13H10F3N2.C6H5NO2.Ir/c1-8-7-17-12(9(2)18-8)10-3-5-11(6-4-10)13(14,15)16;8-6(9)5-3-1-2-4-7-5;/h3,5-7H,1-2H3;1-4H,(H,8,9);/q-1;;. The summed E-state index contributed by atoms with van der Waals surface area (Å²) in [7, 11) is 0. The minimum Gasteiger partial charge on any atom is -0.477 e. The Balaban J connectivity index is 0.000000332. The van der Waals surface area contributed by atoms with Gasteiger partial charge in [0.1, 0.15) is 5.69 Å². The van der Waals surface area contributed by atoms with Gasteiger partial charge in [0.05, 0.1) is 5.69 Å². The minimum absolute atomic E-state index is 0. The smallest absolute Gasteiger partial charge is 0.381 e. The molecule has 28 heavy (non-hydrogen) atoms. The Morgan fingerprint density at radius 3 is 2.25 bits per heavy atom. The number of pyridine rings is 1. The average molecular weight is 567 g/mol. The number of nitrogens with zero attached hydrogens (tertiary/aromatic N) is 3. The third-order valence-electron chi connectivity index (χ3n) is 3.35. The first-order chi connectivity index (χ1) is 12.7. The van der Waals surface area contributed by atoms with Crippen molar-refractivity contribution in [1.29, 1.82) is 0 Å². The maximum atomic E-state index is 12.4. The molecule has 2 aromatic heterocycles. The summed E-state index contributed by atoms with van der Waals surface area (Å²) in [6, 6.07) is 10.7. The molecule has 0 aliphatic heterocycles. The third-order valence-corrected chi connectivity index (χ3v) is 3.35. The van der Waals surface area contributed by atoms with Gasteiger partial charge in [-0.05, 0) is 31.5 Å². The van der Waals surface area contributed by atoms with E-state index in [0.717, 1.165) is 17.8 Å². The Labute approximate surface area is 173 Å². The van der Waals surface area contributed by atoms with Gasteiger partial charge < -0.3 is 10.1 Å². The Bertz CT molecular complexity index is 918. The zero-order chi connectivity index (χ0) is 20.0. The molecule has 2 heterocycles. The molecular formula is C19H15F3IrN3O2-. The van der Waals surface area contributed by atoms with Crippen LogP contribution in [-0.4, -0.2) is 26.0 Å². The van der Waals surface area contributed by atoms with Gasteiger partial charge in [0.2, 0.25) is 0 Å². The summed E-state index contributed by atoms with van der Waals surface area (Å²) in [5.41, 5.74) is 1.86. The molecule has 0 bridgehead atoms. The fourth-order valence-electron chi connectivity index (χ4n) is 2.10. The predicted molar refractivity (Wildman–Crippen MR) is 92.0 cm³/mol. The van der Waals surface area contributed by atoms with E-state index in [1.165, 1.54) is 18.3 Å². The van der Waals surface area contributed by atoms with Gasteiger partial charge >= 0.3 is 12.1 Å². The summed E-state index contributed by atoms with van der Waals surface area (Å²) in [6.45, 7) is 3.57. The second-order valence-corrected chi connectivity index (χ2v) is 5.45. The van der Waals surface area contributed by atoms with E-state index in [1.54, 1.807) is 32.2 Å². The van der Waals surface area contributed by atoms with Gasteiger partial charge in [0.25, 0.3) is 0 Å². The van der Waals surface area contributed by atoms with Gasteiger partial charge in [-0.3, -0.25) is 4.98 Å². The largest absolute Gasteiger partial charge is 0.477 e. The summed E-state index contributed by atoms with van der Waals surface area (Å²) < 4.78 is 37.2. The molecule has 0 saturated carbocycles. The van der Waals surface area contributed by atoms with Gasteiger partial charge in [-0.15, -0.1) is 29.8 Å².